The number of hydrogen-bond donors (Lipinski definition) is 1. The summed E-state index contributed by atoms with van der Waals surface area (Å²) in [5.41, 5.74) is 5.44. The van der Waals surface area contributed by atoms with Crippen LogP contribution < -0.4 is 10.2 Å². The van der Waals surface area contributed by atoms with E-state index < -0.39 is 5.67 Å². The Labute approximate surface area is 137 Å². The van der Waals surface area contributed by atoms with Crippen molar-refractivity contribution in [3.63, 3.8) is 0 Å². The van der Waals surface area contributed by atoms with Gasteiger partial charge in [0.25, 0.3) is 0 Å². The highest BCUT2D eigenvalue weighted by molar-refractivity contribution is 5.77. The molecule has 23 heavy (non-hydrogen) atoms. The number of rotatable bonds is 4. The third kappa shape index (κ3) is 3.48. The molecule has 0 unspecified atom stereocenters. The maximum atomic E-state index is 13.5. The Morgan fingerprint density at radius 3 is 2.57 bits per heavy atom. The smallest absolute Gasteiger partial charge is 0.119 e. The van der Waals surface area contributed by atoms with Gasteiger partial charge in [-0.05, 0) is 49.3 Å². The molecule has 1 aliphatic carbocycles. The molecule has 2 aliphatic rings. The molecule has 0 atom stereocenters. The lowest BCUT2D eigenvalue weighted by atomic mass is 9.81. The van der Waals surface area contributed by atoms with Gasteiger partial charge in [-0.2, -0.15) is 0 Å². The van der Waals surface area contributed by atoms with Gasteiger partial charge in [-0.3, -0.25) is 5.01 Å². The molecule has 1 fully saturated rings. The maximum absolute atomic E-state index is 13.5. The highest BCUT2D eigenvalue weighted by atomic mass is 19.1. The van der Waals surface area contributed by atoms with Crippen molar-refractivity contribution in [2.75, 3.05) is 7.05 Å². The summed E-state index contributed by atoms with van der Waals surface area (Å²) in [6.45, 7) is 3.65. The predicted octanol–water partition coefficient (Wildman–Crippen LogP) is 4.21. The summed E-state index contributed by atoms with van der Waals surface area (Å²) < 4.78 is 19.3. The van der Waals surface area contributed by atoms with Gasteiger partial charge in [0, 0.05) is 26.1 Å². The summed E-state index contributed by atoms with van der Waals surface area (Å²) in [7, 11) is 1.89. The van der Waals surface area contributed by atoms with Crippen molar-refractivity contribution >= 4 is 5.57 Å². The molecule has 3 nitrogen and oxygen atoms in total. The number of hydrazine groups is 1. The second kappa shape index (κ2) is 6.20. The number of nitrogens with one attached hydrogen (secondary N) is 1. The largest absolute Gasteiger partial charge is 0.490 e. The molecular weight excluding hydrogens is 291 g/mol. The van der Waals surface area contributed by atoms with Crippen LogP contribution in [0.4, 0.5) is 4.39 Å². The molecule has 1 heterocycles. The summed E-state index contributed by atoms with van der Waals surface area (Å²) in [6, 6.07) is 8.00. The third-order valence-electron chi connectivity index (χ3n) is 4.32. The first kappa shape index (κ1) is 15.8. The third-order valence-corrected chi connectivity index (χ3v) is 4.32. The topological polar surface area (TPSA) is 24.5 Å². The van der Waals surface area contributed by atoms with Crippen LogP contribution in [-0.2, 0) is 0 Å². The van der Waals surface area contributed by atoms with E-state index in [0.29, 0.717) is 12.8 Å². The van der Waals surface area contributed by atoms with Crippen molar-refractivity contribution in [3.8, 4) is 5.75 Å². The molecule has 1 aromatic carbocycles. The Kier molecular flexibility index (Phi) is 4.26. The molecule has 0 bridgehead atoms. The molecule has 122 valence electrons. The molecule has 1 saturated carbocycles. The molecular formula is C19H23FN2O. The zero-order chi connectivity index (χ0) is 16.4. The van der Waals surface area contributed by atoms with Crippen LogP contribution in [0.5, 0.6) is 5.75 Å². The standard InChI is InChI=1S/C19H23FN2O/c1-4-16-11-15(9-10-22(16)21-3)14-5-7-17(8-6-14)23-18-12-19(2,20)13-18/h4-11,18,21H,12-13H2,1-3H3/b16-4-. The zero-order valence-corrected chi connectivity index (χ0v) is 13.8. The second-order valence-corrected chi connectivity index (χ2v) is 6.31. The van der Waals surface area contributed by atoms with E-state index in [1.54, 1.807) is 6.92 Å². The van der Waals surface area contributed by atoms with Crippen LogP contribution in [0.3, 0.4) is 0 Å². The van der Waals surface area contributed by atoms with Crippen molar-refractivity contribution < 1.29 is 9.13 Å². The van der Waals surface area contributed by atoms with Crippen molar-refractivity contribution in [1.82, 2.24) is 10.4 Å². The Hall–Kier alpha value is -2.07. The number of nitrogens with zero attached hydrogens (tertiary/aromatic N) is 1. The molecule has 0 radical (unpaired) electrons. The molecule has 0 saturated heterocycles. The van der Waals surface area contributed by atoms with E-state index in [9.17, 15) is 4.39 Å². The Morgan fingerprint density at radius 1 is 1.30 bits per heavy atom. The highest BCUT2D eigenvalue weighted by Crippen LogP contribution is 2.38. The Morgan fingerprint density at radius 2 is 2.00 bits per heavy atom. The minimum atomic E-state index is -1.05. The Bertz CT molecular complexity index is 650. The first-order valence-corrected chi connectivity index (χ1v) is 7.99. The van der Waals surface area contributed by atoms with Gasteiger partial charge in [-0.1, -0.05) is 18.2 Å². The normalized spacial score (nSPS) is 28.5. The summed E-state index contributed by atoms with van der Waals surface area (Å²) in [6.07, 6.45) is 9.23. The van der Waals surface area contributed by atoms with Gasteiger partial charge in [0.2, 0.25) is 0 Å². The number of benzene rings is 1. The van der Waals surface area contributed by atoms with Crippen molar-refractivity contribution in [3.05, 3.63) is 60.0 Å². The van der Waals surface area contributed by atoms with E-state index >= 15 is 0 Å². The number of alkyl halides is 1. The number of ether oxygens (including phenoxy) is 1. The number of allylic oxidation sites excluding steroid dienone is 4. The molecule has 4 heteroatoms. The molecule has 0 aromatic heterocycles. The fourth-order valence-electron chi connectivity index (χ4n) is 3.01. The fourth-order valence-corrected chi connectivity index (χ4v) is 3.01. The van der Waals surface area contributed by atoms with Gasteiger partial charge in [0.1, 0.15) is 17.5 Å². The van der Waals surface area contributed by atoms with Gasteiger partial charge in [-0.15, -0.1) is 0 Å². The van der Waals surface area contributed by atoms with Crippen LogP contribution in [0.1, 0.15) is 32.3 Å². The lowest BCUT2D eigenvalue weighted by Gasteiger charge is -2.38. The molecule has 0 amide bonds. The zero-order valence-electron chi connectivity index (χ0n) is 13.8. The Balaban J connectivity index is 1.68. The van der Waals surface area contributed by atoms with Gasteiger partial charge in [0.15, 0.2) is 0 Å². The van der Waals surface area contributed by atoms with Gasteiger partial charge >= 0.3 is 0 Å². The van der Waals surface area contributed by atoms with E-state index in [0.717, 1.165) is 22.6 Å². The first-order chi connectivity index (χ1) is 11.0. The van der Waals surface area contributed by atoms with Crippen LogP contribution >= 0.6 is 0 Å². The molecule has 1 aliphatic heterocycles. The van der Waals surface area contributed by atoms with Crippen LogP contribution in [0.2, 0.25) is 0 Å². The van der Waals surface area contributed by atoms with Gasteiger partial charge < -0.3 is 4.74 Å². The maximum Gasteiger partial charge on any atom is 0.119 e. The predicted molar refractivity (Wildman–Crippen MR) is 91.4 cm³/mol. The van der Waals surface area contributed by atoms with E-state index in [2.05, 4.69) is 23.7 Å². The second-order valence-electron chi connectivity index (χ2n) is 6.31. The van der Waals surface area contributed by atoms with E-state index in [1.165, 1.54) is 0 Å². The van der Waals surface area contributed by atoms with Gasteiger partial charge in [-0.25, -0.2) is 9.82 Å². The van der Waals surface area contributed by atoms with Crippen LogP contribution in [-0.4, -0.2) is 23.8 Å². The van der Waals surface area contributed by atoms with Crippen molar-refractivity contribution in [2.24, 2.45) is 0 Å². The monoisotopic (exact) mass is 314 g/mol. The molecule has 0 spiro atoms. The SMILES string of the molecule is C/C=C1/C=C(c2ccc(OC3CC(C)(F)C3)cc2)C=CN1NC. The number of halogens is 1. The number of hydrogen-bond acceptors (Lipinski definition) is 3. The van der Waals surface area contributed by atoms with Crippen LogP contribution in [0, 0.1) is 0 Å². The lowest BCUT2D eigenvalue weighted by Crippen LogP contribution is -2.44. The molecule has 1 N–H and O–H groups in total. The van der Waals surface area contributed by atoms with E-state index in [1.807, 2.05) is 49.4 Å². The minimum Gasteiger partial charge on any atom is -0.490 e. The van der Waals surface area contributed by atoms with Gasteiger partial charge in [0.05, 0.1) is 5.70 Å². The molecule has 1 aromatic rings. The average Bonchev–Trinajstić information content (AvgIpc) is 2.53. The highest BCUT2D eigenvalue weighted by Gasteiger charge is 2.42. The average molecular weight is 314 g/mol. The van der Waals surface area contributed by atoms with Crippen molar-refractivity contribution in [2.45, 2.75) is 38.5 Å². The first-order valence-electron chi connectivity index (χ1n) is 7.99. The van der Waals surface area contributed by atoms with Crippen LogP contribution in [0.25, 0.3) is 5.57 Å². The van der Waals surface area contributed by atoms with Crippen molar-refractivity contribution in [1.29, 1.82) is 0 Å². The molecule has 3 rings (SSSR count). The van der Waals surface area contributed by atoms with E-state index in [-0.39, 0.29) is 6.10 Å². The van der Waals surface area contributed by atoms with E-state index in [4.69, 9.17) is 4.74 Å². The quantitative estimate of drug-likeness (QED) is 0.901. The lowest BCUT2D eigenvalue weighted by molar-refractivity contribution is -0.0291. The fraction of sp³-hybridized carbons (Fsp3) is 0.368. The summed E-state index contributed by atoms with van der Waals surface area (Å²) in [5.74, 6) is 0.803. The minimum absolute atomic E-state index is 0.00320. The summed E-state index contributed by atoms with van der Waals surface area (Å²) in [5, 5.41) is 1.96. The summed E-state index contributed by atoms with van der Waals surface area (Å²) in [4.78, 5) is 0. The summed E-state index contributed by atoms with van der Waals surface area (Å²) >= 11 is 0. The van der Waals surface area contributed by atoms with Crippen LogP contribution in [0.15, 0.2) is 54.4 Å².